The molecule has 1 aromatic heterocycles. The number of guanidine groups is 1. The van der Waals surface area contributed by atoms with E-state index in [2.05, 4.69) is 44.2 Å². The van der Waals surface area contributed by atoms with Crippen LogP contribution >= 0.6 is 11.6 Å². The molecule has 8 heteroatoms. The van der Waals surface area contributed by atoms with Crippen molar-refractivity contribution in [2.24, 2.45) is 4.99 Å². The second-order valence-electron chi connectivity index (χ2n) is 7.34. The van der Waals surface area contributed by atoms with Crippen LogP contribution < -0.4 is 10.6 Å². The van der Waals surface area contributed by atoms with E-state index in [9.17, 15) is 4.39 Å². The zero-order chi connectivity index (χ0) is 19.4. The first kappa shape index (κ1) is 19.6. The lowest BCUT2D eigenvalue weighted by Crippen LogP contribution is -2.43. The Kier molecular flexibility index (Phi) is 5.99. The van der Waals surface area contributed by atoms with Gasteiger partial charge in [-0.3, -0.25) is 0 Å². The molecule has 0 aliphatic carbocycles. The summed E-state index contributed by atoms with van der Waals surface area (Å²) in [7, 11) is 0. The maximum absolute atomic E-state index is 13.3. The summed E-state index contributed by atoms with van der Waals surface area (Å²) in [6.07, 6.45) is 2.11. The molecular weight excluding hydrogens is 367 g/mol. The minimum Gasteiger partial charge on any atom is -0.357 e. The van der Waals surface area contributed by atoms with Gasteiger partial charge in [0.2, 0.25) is 0 Å². The maximum atomic E-state index is 13.3. The van der Waals surface area contributed by atoms with Gasteiger partial charge < -0.3 is 15.2 Å². The van der Waals surface area contributed by atoms with Crippen molar-refractivity contribution in [3.63, 3.8) is 0 Å². The zero-order valence-corrected chi connectivity index (χ0v) is 16.8. The Bertz CT molecular complexity index is 830. The van der Waals surface area contributed by atoms with Crippen LogP contribution in [-0.4, -0.2) is 33.8 Å². The largest absolute Gasteiger partial charge is 0.357 e. The number of hydrogen-bond donors (Lipinski definition) is 2. The predicted molar refractivity (Wildman–Crippen MR) is 106 cm³/mol. The van der Waals surface area contributed by atoms with Gasteiger partial charge in [0.1, 0.15) is 18.2 Å². The molecule has 6 nitrogen and oxygen atoms in total. The Balaban J connectivity index is 1.68. The predicted octanol–water partition coefficient (Wildman–Crippen LogP) is 3.05. The van der Waals surface area contributed by atoms with Crippen molar-refractivity contribution in [1.29, 1.82) is 0 Å². The van der Waals surface area contributed by atoms with E-state index in [0.717, 1.165) is 43.1 Å². The average Bonchev–Trinajstić information content (AvgIpc) is 3.21. The van der Waals surface area contributed by atoms with Crippen LogP contribution in [0, 0.1) is 5.82 Å². The summed E-state index contributed by atoms with van der Waals surface area (Å²) >= 11 is 6.24. The van der Waals surface area contributed by atoms with Crippen molar-refractivity contribution >= 4 is 17.6 Å². The molecule has 0 spiro atoms. The van der Waals surface area contributed by atoms with Gasteiger partial charge >= 0.3 is 0 Å². The van der Waals surface area contributed by atoms with Crippen LogP contribution in [0.1, 0.15) is 44.4 Å². The van der Waals surface area contributed by atoms with Crippen molar-refractivity contribution in [3.8, 4) is 0 Å². The molecule has 0 unspecified atom stereocenters. The van der Waals surface area contributed by atoms with Gasteiger partial charge in [-0.25, -0.2) is 9.38 Å². The summed E-state index contributed by atoms with van der Waals surface area (Å²) in [6, 6.07) is 4.53. The highest BCUT2D eigenvalue weighted by atomic mass is 35.5. The molecule has 0 saturated carbocycles. The second kappa shape index (κ2) is 8.25. The summed E-state index contributed by atoms with van der Waals surface area (Å²) in [5.74, 6) is 2.31. The molecule has 2 heterocycles. The Morgan fingerprint density at radius 1 is 1.33 bits per heavy atom. The van der Waals surface area contributed by atoms with Crippen molar-refractivity contribution < 1.29 is 4.39 Å². The molecule has 0 bridgehead atoms. The molecule has 2 aromatic rings. The van der Waals surface area contributed by atoms with Crippen LogP contribution in [0.5, 0.6) is 0 Å². The number of nitrogens with zero attached hydrogens (tertiary/aromatic N) is 4. The maximum Gasteiger partial charge on any atom is 0.191 e. The highest BCUT2D eigenvalue weighted by Gasteiger charge is 2.24. The number of rotatable bonds is 6. The quantitative estimate of drug-likeness (QED) is 0.585. The standard InChI is InChI=1S/C19H26ClFN6/c1-4-22-18(23-11-17-26-25-16-6-5-9-27(16)17)24-12-19(2,3)14-8-7-13(21)10-15(14)20/h7-8,10H,4-6,9,11-12H2,1-3H3,(H2,22,23,24). The summed E-state index contributed by atoms with van der Waals surface area (Å²) in [5.41, 5.74) is 0.598. The van der Waals surface area contributed by atoms with E-state index in [1.807, 2.05) is 6.92 Å². The average molecular weight is 393 g/mol. The van der Waals surface area contributed by atoms with E-state index in [1.54, 1.807) is 6.07 Å². The fourth-order valence-corrected chi connectivity index (χ4v) is 3.68. The Morgan fingerprint density at radius 3 is 2.89 bits per heavy atom. The van der Waals surface area contributed by atoms with Crippen LogP contribution in [0.3, 0.4) is 0 Å². The molecule has 27 heavy (non-hydrogen) atoms. The Labute approximate surface area is 164 Å². The summed E-state index contributed by atoms with van der Waals surface area (Å²) in [4.78, 5) is 4.64. The van der Waals surface area contributed by atoms with Crippen LogP contribution in [-0.2, 0) is 24.9 Å². The van der Waals surface area contributed by atoms with Crippen LogP contribution in [0.2, 0.25) is 5.02 Å². The third-order valence-corrected chi connectivity index (χ3v) is 5.08. The lowest BCUT2D eigenvalue weighted by atomic mass is 9.84. The van der Waals surface area contributed by atoms with Crippen molar-refractivity contribution in [2.75, 3.05) is 13.1 Å². The van der Waals surface area contributed by atoms with Gasteiger partial charge in [-0.15, -0.1) is 10.2 Å². The Morgan fingerprint density at radius 2 is 2.15 bits per heavy atom. The fraction of sp³-hybridized carbons (Fsp3) is 0.526. The number of fused-ring (bicyclic) bond motifs is 1. The molecule has 0 atom stereocenters. The SMILES string of the molecule is CCNC(=NCc1nnc2n1CCC2)NCC(C)(C)c1ccc(F)cc1Cl. The van der Waals surface area contributed by atoms with Crippen LogP contribution in [0.15, 0.2) is 23.2 Å². The van der Waals surface area contributed by atoms with Gasteiger partial charge in [-0.05, 0) is 31.0 Å². The van der Waals surface area contributed by atoms with Gasteiger partial charge in [0.05, 0.1) is 0 Å². The van der Waals surface area contributed by atoms with E-state index in [4.69, 9.17) is 11.6 Å². The molecule has 1 aromatic carbocycles. The number of aryl methyl sites for hydroxylation is 1. The minimum atomic E-state index is -0.330. The zero-order valence-electron chi connectivity index (χ0n) is 16.0. The lowest BCUT2D eigenvalue weighted by molar-refractivity contribution is 0.507. The summed E-state index contributed by atoms with van der Waals surface area (Å²) in [6.45, 7) is 8.94. The van der Waals surface area contributed by atoms with Crippen molar-refractivity contribution in [1.82, 2.24) is 25.4 Å². The minimum absolute atomic E-state index is 0.295. The van der Waals surface area contributed by atoms with Crippen molar-refractivity contribution in [2.45, 2.75) is 52.1 Å². The van der Waals surface area contributed by atoms with Gasteiger partial charge in [-0.1, -0.05) is 31.5 Å². The molecule has 1 aliphatic rings. The third kappa shape index (κ3) is 4.58. The first-order valence-electron chi connectivity index (χ1n) is 9.29. The topological polar surface area (TPSA) is 67.1 Å². The number of hydrogen-bond acceptors (Lipinski definition) is 3. The first-order valence-corrected chi connectivity index (χ1v) is 9.67. The van der Waals surface area contributed by atoms with E-state index in [-0.39, 0.29) is 11.2 Å². The molecule has 146 valence electrons. The van der Waals surface area contributed by atoms with Crippen LogP contribution in [0.4, 0.5) is 4.39 Å². The molecule has 0 radical (unpaired) electrons. The van der Waals surface area contributed by atoms with E-state index in [0.29, 0.717) is 24.1 Å². The lowest BCUT2D eigenvalue weighted by Gasteiger charge is -2.27. The van der Waals surface area contributed by atoms with Gasteiger partial charge in [0, 0.05) is 36.5 Å². The Hall–Kier alpha value is -2.15. The molecule has 1 aliphatic heterocycles. The number of aromatic nitrogens is 3. The fourth-order valence-electron chi connectivity index (χ4n) is 3.26. The van der Waals surface area contributed by atoms with Crippen LogP contribution in [0.25, 0.3) is 0 Å². The first-order chi connectivity index (χ1) is 12.9. The highest BCUT2D eigenvalue weighted by molar-refractivity contribution is 6.31. The molecule has 0 amide bonds. The summed E-state index contributed by atoms with van der Waals surface area (Å²) in [5, 5.41) is 15.5. The number of halogens is 2. The highest BCUT2D eigenvalue weighted by Crippen LogP contribution is 2.29. The second-order valence-corrected chi connectivity index (χ2v) is 7.75. The van der Waals surface area contributed by atoms with E-state index < -0.39 is 0 Å². The molecule has 3 rings (SSSR count). The molecular formula is C19H26ClFN6. The molecule has 0 fully saturated rings. The van der Waals surface area contributed by atoms with Crippen molar-refractivity contribution in [3.05, 3.63) is 46.3 Å². The number of benzene rings is 1. The van der Waals surface area contributed by atoms with Gasteiger partial charge in [0.25, 0.3) is 0 Å². The van der Waals surface area contributed by atoms with E-state index >= 15 is 0 Å². The monoisotopic (exact) mass is 392 g/mol. The van der Waals surface area contributed by atoms with Gasteiger partial charge in [-0.2, -0.15) is 0 Å². The summed E-state index contributed by atoms with van der Waals surface area (Å²) < 4.78 is 15.5. The number of nitrogens with one attached hydrogen (secondary N) is 2. The van der Waals surface area contributed by atoms with E-state index in [1.165, 1.54) is 12.1 Å². The molecule has 2 N–H and O–H groups in total. The van der Waals surface area contributed by atoms with Gasteiger partial charge in [0.15, 0.2) is 11.8 Å². The molecule has 0 saturated heterocycles. The third-order valence-electron chi connectivity index (χ3n) is 4.77. The smallest absolute Gasteiger partial charge is 0.191 e. The normalized spacial score (nSPS) is 14.3. The number of aliphatic imine (C=N–C) groups is 1.